The zero-order chi connectivity index (χ0) is 21.2. The lowest BCUT2D eigenvalue weighted by Crippen LogP contribution is -2.37. The minimum Gasteiger partial charge on any atom is -0.384 e. The van der Waals surface area contributed by atoms with Gasteiger partial charge in [0.15, 0.2) is 0 Å². The van der Waals surface area contributed by atoms with Gasteiger partial charge >= 0.3 is 0 Å². The van der Waals surface area contributed by atoms with E-state index in [1.807, 2.05) is 13.3 Å². The van der Waals surface area contributed by atoms with Gasteiger partial charge in [-0.1, -0.05) is 13.3 Å². The van der Waals surface area contributed by atoms with Gasteiger partial charge in [0.05, 0.1) is 19.4 Å². The SMILES string of the molecule is CCCCN(C)Cc1cn[nH]c1C1CCC(COC)(COCC2CCOCC2)CC1. The summed E-state index contributed by atoms with van der Waals surface area (Å²) in [7, 11) is 4.04. The van der Waals surface area contributed by atoms with Crippen molar-refractivity contribution in [2.24, 2.45) is 11.3 Å². The van der Waals surface area contributed by atoms with Gasteiger partial charge in [-0.2, -0.15) is 5.10 Å². The fraction of sp³-hybridized carbons (Fsp3) is 0.875. The molecule has 0 bridgehead atoms. The number of rotatable bonds is 12. The van der Waals surface area contributed by atoms with Crippen molar-refractivity contribution in [3.05, 3.63) is 17.5 Å². The topological polar surface area (TPSA) is 59.6 Å². The number of H-pyrrole nitrogens is 1. The normalized spacial score (nSPS) is 25.8. The van der Waals surface area contributed by atoms with Crippen LogP contribution in [0.5, 0.6) is 0 Å². The van der Waals surface area contributed by atoms with Gasteiger partial charge in [0.2, 0.25) is 0 Å². The second-order valence-electron chi connectivity index (χ2n) is 9.68. The molecule has 1 saturated carbocycles. The van der Waals surface area contributed by atoms with Crippen molar-refractivity contribution in [2.45, 2.75) is 70.8 Å². The van der Waals surface area contributed by atoms with Crippen LogP contribution < -0.4 is 0 Å². The molecule has 0 aromatic carbocycles. The van der Waals surface area contributed by atoms with Crippen LogP contribution in [0.15, 0.2) is 6.20 Å². The number of aromatic nitrogens is 2. The number of aromatic amines is 1. The number of nitrogens with zero attached hydrogens (tertiary/aromatic N) is 2. The summed E-state index contributed by atoms with van der Waals surface area (Å²) in [5.74, 6) is 1.23. The highest BCUT2D eigenvalue weighted by Crippen LogP contribution is 2.44. The third-order valence-corrected chi connectivity index (χ3v) is 7.09. The maximum atomic E-state index is 6.25. The number of hydrogen-bond donors (Lipinski definition) is 1. The summed E-state index contributed by atoms with van der Waals surface area (Å²) in [6.45, 7) is 8.64. The lowest BCUT2D eigenvalue weighted by molar-refractivity contribution is -0.0513. The highest BCUT2D eigenvalue weighted by atomic mass is 16.5. The first-order valence-electron chi connectivity index (χ1n) is 12.0. The number of nitrogens with one attached hydrogen (secondary N) is 1. The van der Waals surface area contributed by atoms with Crippen molar-refractivity contribution in [3.63, 3.8) is 0 Å². The van der Waals surface area contributed by atoms with E-state index in [0.717, 1.165) is 71.8 Å². The number of methoxy groups -OCH3 is 1. The lowest BCUT2D eigenvalue weighted by Gasteiger charge is -2.40. The van der Waals surface area contributed by atoms with Crippen LogP contribution in [0, 0.1) is 11.3 Å². The van der Waals surface area contributed by atoms with E-state index >= 15 is 0 Å². The first-order chi connectivity index (χ1) is 14.7. The lowest BCUT2D eigenvalue weighted by atomic mass is 9.70. The van der Waals surface area contributed by atoms with Crippen LogP contribution >= 0.6 is 0 Å². The molecule has 1 aromatic rings. The Morgan fingerprint density at radius 3 is 2.67 bits per heavy atom. The second kappa shape index (κ2) is 12.2. The molecule has 172 valence electrons. The smallest absolute Gasteiger partial charge is 0.0544 e. The molecule has 30 heavy (non-hydrogen) atoms. The average Bonchev–Trinajstić information content (AvgIpc) is 3.22. The van der Waals surface area contributed by atoms with Crippen molar-refractivity contribution >= 4 is 0 Å². The number of unbranched alkanes of at least 4 members (excludes halogenated alkanes) is 1. The van der Waals surface area contributed by atoms with E-state index < -0.39 is 0 Å². The quantitative estimate of drug-likeness (QED) is 0.543. The summed E-state index contributed by atoms with van der Waals surface area (Å²) in [6.07, 6.45) is 11.5. The Morgan fingerprint density at radius 1 is 1.20 bits per heavy atom. The van der Waals surface area contributed by atoms with Crippen LogP contribution in [0.2, 0.25) is 0 Å². The van der Waals surface area contributed by atoms with Gasteiger partial charge < -0.3 is 19.1 Å². The van der Waals surface area contributed by atoms with Gasteiger partial charge in [0.1, 0.15) is 0 Å². The minimum atomic E-state index is 0.161. The van der Waals surface area contributed by atoms with Gasteiger partial charge in [-0.05, 0) is 64.5 Å². The predicted octanol–water partition coefficient (Wildman–Crippen LogP) is 4.38. The van der Waals surface area contributed by atoms with E-state index in [0.29, 0.717) is 11.8 Å². The van der Waals surface area contributed by atoms with E-state index in [1.165, 1.54) is 36.9 Å². The van der Waals surface area contributed by atoms with Crippen molar-refractivity contribution in [3.8, 4) is 0 Å². The Kier molecular flexibility index (Phi) is 9.63. The van der Waals surface area contributed by atoms with E-state index in [4.69, 9.17) is 14.2 Å². The summed E-state index contributed by atoms with van der Waals surface area (Å²) < 4.78 is 17.4. The second-order valence-corrected chi connectivity index (χ2v) is 9.68. The minimum absolute atomic E-state index is 0.161. The fourth-order valence-electron chi connectivity index (χ4n) is 5.11. The van der Waals surface area contributed by atoms with Crippen molar-refractivity contribution < 1.29 is 14.2 Å². The molecule has 0 spiro atoms. The zero-order valence-electron chi connectivity index (χ0n) is 19.5. The third kappa shape index (κ3) is 6.78. The maximum absolute atomic E-state index is 6.25. The zero-order valence-corrected chi connectivity index (χ0v) is 19.5. The highest BCUT2D eigenvalue weighted by molar-refractivity contribution is 5.21. The molecule has 0 atom stereocenters. The van der Waals surface area contributed by atoms with Gasteiger partial charge in [-0.3, -0.25) is 5.10 Å². The standard InChI is InChI=1S/C24H43N3O3/c1-4-5-12-27(2)16-22-15-25-26-23(22)21-6-10-24(11-7-21,18-28-3)19-30-17-20-8-13-29-14-9-20/h15,20-21H,4-14,16-19H2,1-3H3,(H,25,26). The van der Waals surface area contributed by atoms with Crippen molar-refractivity contribution in [1.29, 1.82) is 0 Å². The Labute approximate surface area is 183 Å². The van der Waals surface area contributed by atoms with E-state index in [9.17, 15) is 0 Å². The first-order valence-corrected chi connectivity index (χ1v) is 12.0. The Balaban J connectivity index is 1.50. The van der Waals surface area contributed by atoms with Crippen LogP contribution in [-0.2, 0) is 20.8 Å². The van der Waals surface area contributed by atoms with Gasteiger partial charge in [0, 0.05) is 56.1 Å². The average molecular weight is 422 g/mol. The molecule has 1 N–H and O–H groups in total. The van der Waals surface area contributed by atoms with E-state index in [1.54, 1.807) is 0 Å². The summed E-state index contributed by atoms with van der Waals surface area (Å²) in [4.78, 5) is 2.42. The number of hydrogen-bond acceptors (Lipinski definition) is 5. The van der Waals surface area contributed by atoms with Crippen LogP contribution in [0.1, 0.15) is 75.5 Å². The fourth-order valence-corrected chi connectivity index (χ4v) is 5.11. The largest absolute Gasteiger partial charge is 0.384 e. The molecular formula is C24H43N3O3. The van der Waals surface area contributed by atoms with Crippen molar-refractivity contribution in [2.75, 3.05) is 53.7 Å². The molecule has 2 fully saturated rings. The van der Waals surface area contributed by atoms with Crippen LogP contribution in [0.25, 0.3) is 0 Å². The Hall–Kier alpha value is -0.950. The van der Waals surface area contributed by atoms with Crippen LogP contribution in [0.4, 0.5) is 0 Å². The Morgan fingerprint density at radius 2 is 1.97 bits per heavy atom. The molecule has 0 unspecified atom stereocenters. The van der Waals surface area contributed by atoms with Gasteiger partial charge in [0.25, 0.3) is 0 Å². The molecule has 1 aromatic heterocycles. The Bertz CT molecular complexity index is 592. The van der Waals surface area contributed by atoms with E-state index in [-0.39, 0.29) is 5.41 Å². The molecule has 1 aliphatic carbocycles. The third-order valence-electron chi connectivity index (χ3n) is 7.09. The summed E-state index contributed by atoms with van der Waals surface area (Å²) in [5.41, 5.74) is 2.88. The molecule has 6 heteroatoms. The van der Waals surface area contributed by atoms with E-state index in [2.05, 4.69) is 29.1 Å². The van der Waals surface area contributed by atoms with Crippen LogP contribution in [-0.4, -0.2) is 68.8 Å². The maximum Gasteiger partial charge on any atom is 0.0544 e. The highest BCUT2D eigenvalue weighted by Gasteiger charge is 2.37. The van der Waals surface area contributed by atoms with Gasteiger partial charge in [-0.15, -0.1) is 0 Å². The monoisotopic (exact) mass is 421 g/mol. The molecule has 2 heterocycles. The molecule has 0 radical (unpaired) electrons. The molecule has 1 saturated heterocycles. The molecule has 2 aliphatic rings. The molecule has 1 aliphatic heterocycles. The first kappa shape index (κ1) is 23.7. The van der Waals surface area contributed by atoms with Crippen LogP contribution in [0.3, 0.4) is 0 Å². The molecule has 3 rings (SSSR count). The predicted molar refractivity (Wildman–Crippen MR) is 120 cm³/mol. The number of ether oxygens (including phenoxy) is 3. The summed E-state index contributed by atoms with van der Waals surface area (Å²) in [6, 6.07) is 0. The summed E-state index contributed by atoms with van der Waals surface area (Å²) in [5, 5.41) is 7.72. The molecule has 0 amide bonds. The molecular weight excluding hydrogens is 378 g/mol. The summed E-state index contributed by atoms with van der Waals surface area (Å²) >= 11 is 0. The molecule has 6 nitrogen and oxygen atoms in total. The van der Waals surface area contributed by atoms with Gasteiger partial charge in [-0.25, -0.2) is 0 Å². The van der Waals surface area contributed by atoms with Crippen molar-refractivity contribution in [1.82, 2.24) is 15.1 Å².